The molecule has 200 valence electrons. The van der Waals surface area contributed by atoms with Gasteiger partial charge in [-0.25, -0.2) is 0 Å². The van der Waals surface area contributed by atoms with Gasteiger partial charge in [-0.1, -0.05) is 25.7 Å². The topological polar surface area (TPSA) is 95.1 Å². The summed E-state index contributed by atoms with van der Waals surface area (Å²) in [5.74, 6) is 2.72. The van der Waals surface area contributed by atoms with Crippen LogP contribution in [0.5, 0.6) is 23.0 Å². The molecule has 8 nitrogen and oxygen atoms in total. The van der Waals surface area contributed by atoms with E-state index in [4.69, 9.17) is 18.9 Å². The van der Waals surface area contributed by atoms with E-state index in [-0.39, 0.29) is 23.7 Å². The molecule has 0 saturated heterocycles. The molecule has 37 heavy (non-hydrogen) atoms. The highest BCUT2D eigenvalue weighted by Gasteiger charge is 2.24. The van der Waals surface area contributed by atoms with Crippen LogP contribution in [-0.4, -0.2) is 39.2 Å². The van der Waals surface area contributed by atoms with Crippen LogP contribution in [0.1, 0.15) is 57.8 Å². The molecule has 8 heteroatoms. The molecule has 2 fully saturated rings. The number of amides is 2. The smallest absolute Gasteiger partial charge is 0.227 e. The SMILES string of the molecule is COc1cc(NC(=O)C2CCCC2)ccc1OCCCOc1ccc(NC(=O)C2CCCC2)cc1OC. The first-order chi connectivity index (χ1) is 18.1. The van der Waals surface area contributed by atoms with Gasteiger partial charge in [-0.05, 0) is 49.9 Å². The molecule has 0 aromatic heterocycles. The van der Waals surface area contributed by atoms with E-state index in [1.54, 1.807) is 26.4 Å². The second-order valence-corrected chi connectivity index (χ2v) is 9.72. The molecule has 0 unspecified atom stereocenters. The summed E-state index contributed by atoms with van der Waals surface area (Å²) in [5.41, 5.74) is 1.42. The zero-order chi connectivity index (χ0) is 26.0. The summed E-state index contributed by atoms with van der Waals surface area (Å²) in [4.78, 5) is 24.8. The van der Waals surface area contributed by atoms with Crippen molar-refractivity contribution >= 4 is 23.2 Å². The maximum Gasteiger partial charge on any atom is 0.227 e. The van der Waals surface area contributed by atoms with Crippen LogP contribution in [0.25, 0.3) is 0 Å². The molecule has 2 saturated carbocycles. The molecule has 0 spiro atoms. The predicted octanol–water partition coefficient (Wildman–Crippen LogP) is 5.81. The van der Waals surface area contributed by atoms with Gasteiger partial charge in [0.25, 0.3) is 0 Å². The number of benzene rings is 2. The number of anilines is 2. The molecule has 2 N–H and O–H groups in total. The Bertz CT molecular complexity index is 977. The molecule has 2 aliphatic rings. The van der Waals surface area contributed by atoms with E-state index in [0.717, 1.165) is 51.4 Å². The molecule has 0 bridgehead atoms. The van der Waals surface area contributed by atoms with Crippen molar-refractivity contribution in [2.75, 3.05) is 38.1 Å². The first-order valence-corrected chi connectivity index (χ1v) is 13.3. The van der Waals surface area contributed by atoms with Crippen molar-refractivity contribution in [1.82, 2.24) is 0 Å². The summed E-state index contributed by atoms with van der Waals surface area (Å²) in [7, 11) is 3.17. The number of ether oxygens (including phenoxy) is 4. The molecule has 2 amide bonds. The second-order valence-electron chi connectivity index (χ2n) is 9.72. The Labute approximate surface area is 219 Å². The number of nitrogens with one attached hydrogen (secondary N) is 2. The van der Waals surface area contributed by atoms with Crippen LogP contribution in [0, 0.1) is 11.8 Å². The maximum absolute atomic E-state index is 12.4. The normalized spacial score (nSPS) is 15.8. The molecular weight excluding hydrogens is 472 g/mol. The fourth-order valence-electron chi connectivity index (χ4n) is 5.02. The Kier molecular flexibility index (Phi) is 9.52. The van der Waals surface area contributed by atoms with Crippen LogP contribution >= 0.6 is 0 Å². The van der Waals surface area contributed by atoms with Gasteiger partial charge in [0.05, 0.1) is 27.4 Å². The molecule has 2 aliphatic carbocycles. The first-order valence-electron chi connectivity index (χ1n) is 13.3. The highest BCUT2D eigenvalue weighted by molar-refractivity contribution is 5.93. The summed E-state index contributed by atoms with van der Waals surface area (Å²) >= 11 is 0. The average molecular weight is 511 g/mol. The van der Waals surface area contributed by atoms with Crippen LogP contribution < -0.4 is 29.6 Å². The minimum absolute atomic E-state index is 0.0741. The van der Waals surface area contributed by atoms with Crippen LogP contribution in [0.4, 0.5) is 11.4 Å². The number of methoxy groups -OCH3 is 2. The maximum atomic E-state index is 12.4. The van der Waals surface area contributed by atoms with Gasteiger partial charge in [0.15, 0.2) is 23.0 Å². The number of hydrogen-bond donors (Lipinski definition) is 2. The van der Waals surface area contributed by atoms with Gasteiger partial charge in [0, 0.05) is 41.8 Å². The number of rotatable bonds is 12. The zero-order valence-corrected chi connectivity index (χ0v) is 21.8. The number of carbonyl (C=O) groups is 2. The first kappa shape index (κ1) is 26.6. The Morgan fingerprint density at radius 2 is 1.08 bits per heavy atom. The third kappa shape index (κ3) is 7.31. The van der Waals surface area contributed by atoms with E-state index in [9.17, 15) is 9.59 Å². The lowest BCUT2D eigenvalue weighted by Gasteiger charge is -2.15. The molecule has 0 aliphatic heterocycles. The molecule has 2 aromatic carbocycles. The third-order valence-electron chi connectivity index (χ3n) is 7.12. The predicted molar refractivity (Wildman–Crippen MR) is 143 cm³/mol. The van der Waals surface area contributed by atoms with Crippen molar-refractivity contribution in [1.29, 1.82) is 0 Å². The summed E-state index contributed by atoms with van der Waals surface area (Å²) in [5, 5.41) is 5.98. The van der Waals surface area contributed by atoms with Gasteiger partial charge in [-0.3, -0.25) is 9.59 Å². The summed E-state index contributed by atoms with van der Waals surface area (Å²) in [6.45, 7) is 0.865. The van der Waals surface area contributed by atoms with Crippen molar-refractivity contribution in [2.24, 2.45) is 11.8 Å². The average Bonchev–Trinajstić information content (AvgIpc) is 3.64. The highest BCUT2D eigenvalue weighted by atomic mass is 16.5. The van der Waals surface area contributed by atoms with Gasteiger partial charge in [0.2, 0.25) is 11.8 Å². The van der Waals surface area contributed by atoms with Gasteiger partial charge in [-0.15, -0.1) is 0 Å². The van der Waals surface area contributed by atoms with Gasteiger partial charge < -0.3 is 29.6 Å². The van der Waals surface area contributed by atoms with E-state index in [0.29, 0.717) is 54.0 Å². The van der Waals surface area contributed by atoms with Gasteiger partial charge in [0.1, 0.15) is 0 Å². The highest BCUT2D eigenvalue weighted by Crippen LogP contribution is 2.33. The second kappa shape index (κ2) is 13.2. The van der Waals surface area contributed by atoms with E-state index in [1.807, 2.05) is 24.3 Å². The van der Waals surface area contributed by atoms with Crippen LogP contribution in [0.2, 0.25) is 0 Å². The standard InChI is InChI=1S/C29H38N2O6/c1-34-26-18-22(30-28(32)20-8-3-4-9-20)12-14-24(26)36-16-7-17-37-25-15-13-23(19-27(25)35-2)31-29(33)21-10-5-6-11-21/h12-15,18-21H,3-11,16-17H2,1-2H3,(H,30,32)(H,31,33). The Hall–Kier alpha value is -3.42. The van der Waals surface area contributed by atoms with Crippen molar-refractivity contribution in [3.05, 3.63) is 36.4 Å². The minimum atomic E-state index is 0.0741. The molecule has 4 rings (SSSR count). The Morgan fingerprint density at radius 1 is 0.676 bits per heavy atom. The molecular formula is C29H38N2O6. The summed E-state index contributed by atoms with van der Waals surface area (Å²) in [6.07, 6.45) is 8.95. The lowest BCUT2D eigenvalue weighted by atomic mass is 10.1. The van der Waals surface area contributed by atoms with E-state index in [2.05, 4.69) is 10.6 Å². The van der Waals surface area contributed by atoms with E-state index >= 15 is 0 Å². The van der Waals surface area contributed by atoms with Crippen molar-refractivity contribution in [3.63, 3.8) is 0 Å². The molecule has 0 atom stereocenters. The Balaban J connectivity index is 1.23. The number of carbonyl (C=O) groups excluding carboxylic acids is 2. The lowest BCUT2D eigenvalue weighted by molar-refractivity contribution is -0.120. The molecule has 0 heterocycles. The third-order valence-corrected chi connectivity index (χ3v) is 7.12. The fraction of sp³-hybridized carbons (Fsp3) is 0.517. The lowest BCUT2D eigenvalue weighted by Crippen LogP contribution is -2.20. The quantitative estimate of drug-likeness (QED) is 0.350. The minimum Gasteiger partial charge on any atom is -0.493 e. The van der Waals surface area contributed by atoms with Crippen molar-refractivity contribution in [3.8, 4) is 23.0 Å². The summed E-state index contributed by atoms with van der Waals surface area (Å²) in [6, 6.07) is 10.9. The Morgan fingerprint density at radius 3 is 1.46 bits per heavy atom. The largest absolute Gasteiger partial charge is 0.493 e. The van der Waals surface area contributed by atoms with Gasteiger partial charge in [-0.2, -0.15) is 0 Å². The van der Waals surface area contributed by atoms with E-state index in [1.165, 1.54) is 0 Å². The summed E-state index contributed by atoms with van der Waals surface area (Å²) < 4.78 is 22.7. The monoisotopic (exact) mass is 510 g/mol. The van der Waals surface area contributed by atoms with Crippen molar-refractivity contribution < 1.29 is 28.5 Å². The van der Waals surface area contributed by atoms with Crippen LogP contribution in [0.3, 0.4) is 0 Å². The van der Waals surface area contributed by atoms with E-state index < -0.39 is 0 Å². The fourth-order valence-corrected chi connectivity index (χ4v) is 5.02. The molecule has 0 radical (unpaired) electrons. The van der Waals surface area contributed by atoms with Crippen LogP contribution in [0.15, 0.2) is 36.4 Å². The zero-order valence-electron chi connectivity index (χ0n) is 21.8. The van der Waals surface area contributed by atoms with Gasteiger partial charge >= 0.3 is 0 Å². The van der Waals surface area contributed by atoms with Crippen molar-refractivity contribution in [2.45, 2.75) is 57.8 Å². The number of hydrogen-bond acceptors (Lipinski definition) is 6. The van der Waals surface area contributed by atoms with Crippen LogP contribution in [-0.2, 0) is 9.59 Å². The molecule has 2 aromatic rings.